The molecule has 6 rings (SSSR count). The van der Waals surface area contributed by atoms with E-state index in [2.05, 4.69) is 15.3 Å². The summed E-state index contributed by atoms with van der Waals surface area (Å²) < 4.78 is 12.7. The first kappa shape index (κ1) is 19.8. The summed E-state index contributed by atoms with van der Waals surface area (Å²) in [7, 11) is 3.32. The predicted molar refractivity (Wildman–Crippen MR) is 134 cm³/mol. The zero-order valence-corrected chi connectivity index (χ0v) is 19.3. The van der Waals surface area contributed by atoms with Crippen LogP contribution in [0.4, 0.5) is 10.3 Å². The van der Waals surface area contributed by atoms with Gasteiger partial charge in [-0.05, 0) is 36.4 Å². The highest BCUT2D eigenvalue weighted by molar-refractivity contribution is 7.22. The van der Waals surface area contributed by atoms with Crippen LogP contribution in [0, 0.1) is 0 Å². The fourth-order valence-corrected chi connectivity index (χ4v) is 5.39. The molecule has 0 fully saturated rings. The van der Waals surface area contributed by atoms with E-state index in [4.69, 9.17) is 19.5 Å². The Bertz CT molecular complexity index is 1470. The molecule has 33 heavy (non-hydrogen) atoms. The lowest BCUT2D eigenvalue weighted by Gasteiger charge is -1.97. The molecule has 7 nitrogen and oxygen atoms in total. The molecule has 0 aliphatic carbocycles. The number of rotatable bonds is 4. The number of nitrogens with one attached hydrogen (secondary N) is 1. The van der Waals surface area contributed by atoms with Crippen LogP contribution in [0.5, 0.6) is 11.5 Å². The Labute approximate surface area is 197 Å². The molecule has 0 amide bonds. The number of methoxy groups -OCH3 is 2. The smallest absolute Gasteiger partial charge is 0.212 e. The monoisotopic (exact) mass is 471 g/mol. The second-order valence-corrected chi connectivity index (χ2v) is 9.27. The number of benzene rings is 3. The van der Waals surface area contributed by atoms with Gasteiger partial charge < -0.3 is 14.8 Å². The Morgan fingerprint density at radius 3 is 1.64 bits per heavy atom. The molecule has 2 aromatic heterocycles. The van der Waals surface area contributed by atoms with E-state index in [1.165, 1.54) is 22.7 Å². The quantitative estimate of drug-likeness (QED) is 0.365. The van der Waals surface area contributed by atoms with Crippen LogP contribution in [0.15, 0.2) is 70.6 Å². The van der Waals surface area contributed by atoms with Crippen LogP contribution in [0.1, 0.15) is 11.1 Å². The zero-order valence-electron chi connectivity index (χ0n) is 17.7. The fourth-order valence-electron chi connectivity index (χ4n) is 3.65. The highest BCUT2D eigenvalue weighted by Gasteiger charge is 2.24. The van der Waals surface area contributed by atoms with Gasteiger partial charge in [-0.2, -0.15) is 0 Å². The van der Waals surface area contributed by atoms with Crippen molar-refractivity contribution in [2.24, 2.45) is 9.98 Å². The number of aromatic nitrogens is 2. The summed E-state index contributed by atoms with van der Waals surface area (Å²) in [5.41, 5.74) is 3.75. The van der Waals surface area contributed by atoms with Crippen molar-refractivity contribution >= 4 is 65.0 Å². The van der Waals surface area contributed by atoms with E-state index in [1.807, 2.05) is 60.7 Å². The summed E-state index contributed by atoms with van der Waals surface area (Å²) in [6, 6.07) is 19.7. The average molecular weight is 472 g/mol. The SMILES string of the molecule is COc1ccc2nc(N=C3N/C(=N/c4nc5ccc(OC)cc5s4)c4ccccc43)sc2c1. The molecule has 1 aliphatic rings. The number of fused-ring (bicyclic) bond motifs is 3. The summed E-state index contributed by atoms with van der Waals surface area (Å²) in [6.45, 7) is 0. The maximum atomic E-state index is 5.32. The lowest BCUT2D eigenvalue weighted by Crippen LogP contribution is -2.22. The van der Waals surface area contributed by atoms with E-state index < -0.39 is 0 Å². The van der Waals surface area contributed by atoms with E-state index in [0.29, 0.717) is 10.3 Å². The predicted octanol–water partition coefficient (Wildman–Crippen LogP) is 5.68. The molecular weight excluding hydrogens is 454 g/mol. The zero-order chi connectivity index (χ0) is 22.4. The first-order chi connectivity index (χ1) is 16.2. The molecule has 1 N–H and O–H groups in total. The number of hydrogen-bond donors (Lipinski definition) is 1. The molecule has 0 bridgehead atoms. The van der Waals surface area contributed by atoms with Crippen molar-refractivity contribution in [3.8, 4) is 11.5 Å². The Hall–Kier alpha value is -3.82. The van der Waals surface area contributed by atoms with Crippen molar-refractivity contribution in [1.29, 1.82) is 0 Å². The second-order valence-electron chi connectivity index (χ2n) is 7.25. The first-order valence-corrected chi connectivity index (χ1v) is 11.8. The molecule has 0 radical (unpaired) electrons. The largest absolute Gasteiger partial charge is 0.497 e. The molecule has 3 heterocycles. The van der Waals surface area contributed by atoms with E-state index in [0.717, 1.165) is 54.7 Å². The van der Waals surface area contributed by atoms with Crippen molar-refractivity contribution in [3.63, 3.8) is 0 Å². The molecule has 0 saturated heterocycles. The number of hydrogen-bond acceptors (Lipinski definition) is 8. The van der Waals surface area contributed by atoms with Gasteiger partial charge in [0, 0.05) is 11.1 Å². The third-order valence-corrected chi connectivity index (χ3v) is 7.08. The number of thiazole rings is 2. The summed E-state index contributed by atoms with van der Waals surface area (Å²) >= 11 is 3.04. The van der Waals surface area contributed by atoms with Crippen molar-refractivity contribution < 1.29 is 9.47 Å². The highest BCUT2D eigenvalue weighted by Crippen LogP contribution is 2.33. The van der Waals surface area contributed by atoms with Crippen LogP contribution in [0.3, 0.4) is 0 Å². The molecule has 3 aromatic carbocycles. The van der Waals surface area contributed by atoms with E-state index in [-0.39, 0.29) is 0 Å². The average Bonchev–Trinajstić information content (AvgIpc) is 3.53. The number of aliphatic imine (C=N–C) groups is 2. The van der Waals surface area contributed by atoms with Crippen LogP contribution >= 0.6 is 22.7 Å². The summed E-state index contributed by atoms with van der Waals surface area (Å²) in [5.74, 6) is 3.05. The molecule has 5 aromatic rings. The molecule has 0 spiro atoms. The second kappa shape index (κ2) is 7.95. The molecule has 0 saturated carbocycles. The van der Waals surface area contributed by atoms with Crippen LogP contribution in [0.25, 0.3) is 20.4 Å². The number of nitrogens with zero attached hydrogens (tertiary/aromatic N) is 4. The summed E-state index contributed by atoms with van der Waals surface area (Å²) in [4.78, 5) is 18.9. The van der Waals surface area contributed by atoms with E-state index in [1.54, 1.807) is 14.2 Å². The van der Waals surface area contributed by atoms with Crippen molar-refractivity contribution in [2.75, 3.05) is 14.2 Å². The van der Waals surface area contributed by atoms with Crippen LogP contribution in [0.2, 0.25) is 0 Å². The molecule has 162 valence electrons. The lowest BCUT2D eigenvalue weighted by molar-refractivity contribution is 0.415. The Morgan fingerprint density at radius 1 is 0.697 bits per heavy atom. The standard InChI is InChI=1S/C24H17N5O2S2/c1-30-13-7-9-17-19(11-13)32-23(25-17)28-21-15-5-3-4-6-16(15)22(27-21)29-24-26-18-10-8-14(31-2)12-20(18)33-24/h3-12H,1-2H3,(H,25,26,27,28,29). The van der Waals surface area contributed by atoms with Crippen molar-refractivity contribution in [3.05, 3.63) is 71.8 Å². The summed E-state index contributed by atoms with van der Waals surface area (Å²) in [6.07, 6.45) is 0. The maximum absolute atomic E-state index is 5.32. The van der Waals surface area contributed by atoms with Crippen LogP contribution < -0.4 is 14.8 Å². The van der Waals surface area contributed by atoms with Gasteiger partial charge in [-0.25, -0.2) is 20.0 Å². The van der Waals surface area contributed by atoms with Gasteiger partial charge in [0.2, 0.25) is 10.3 Å². The number of ether oxygens (including phenoxy) is 2. The minimum Gasteiger partial charge on any atom is -0.497 e. The third kappa shape index (κ3) is 3.61. The minimum absolute atomic E-state index is 0.670. The molecule has 1 aliphatic heterocycles. The fraction of sp³-hybridized carbons (Fsp3) is 0.0833. The molecule has 0 unspecified atom stereocenters. The Kier molecular flexibility index (Phi) is 4.78. The minimum atomic E-state index is 0.670. The van der Waals surface area contributed by atoms with Crippen LogP contribution in [-0.2, 0) is 0 Å². The van der Waals surface area contributed by atoms with Crippen molar-refractivity contribution in [2.45, 2.75) is 0 Å². The van der Waals surface area contributed by atoms with E-state index in [9.17, 15) is 0 Å². The van der Waals surface area contributed by atoms with Gasteiger partial charge in [0.15, 0.2) is 0 Å². The van der Waals surface area contributed by atoms with Gasteiger partial charge in [-0.15, -0.1) is 0 Å². The van der Waals surface area contributed by atoms with Gasteiger partial charge in [0.25, 0.3) is 0 Å². The summed E-state index contributed by atoms with van der Waals surface area (Å²) in [5, 5.41) is 4.71. The normalized spacial score (nSPS) is 15.3. The van der Waals surface area contributed by atoms with Gasteiger partial charge in [0.1, 0.15) is 23.2 Å². The molecular formula is C24H17N5O2S2. The highest BCUT2D eigenvalue weighted by atomic mass is 32.1. The lowest BCUT2D eigenvalue weighted by atomic mass is 10.1. The van der Waals surface area contributed by atoms with Gasteiger partial charge >= 0.3 is 0 Å². The Morgan fingerprint density at radius 2 is 1.18 bits per heavy atom. The van der Waals surface area contributed by atoms with Crippen molar-refractivity contribution in [1.82, 2.24) is 15.3 Å². The number of amidine groups is 2. The van der Waals surface area contributed by atoms with Gasteiger partial charge in [-0.1, -0.05) is 46.9 Å². The topological polar surface area (TPSA) is 81.0 Å². The van der Waals surface area contributed by atoms with Gasteiger partial charge in [-0.3, -0.25) is 0 Å². The van der Waals surface area contributed by atoms with Gasteiger partial charge in [0.05, 0.1) is 34.7 Å². The van der Waals surface area contributed by atoms with E-state index >= 15 is 0 Å². The third-order valence-electron chi connectivity index (χ3n) is 5.26. The first-order valence-electron chi connectivity index (χ1n) is 10.1. The Balaban J connectivity index is 1.39. The van der Waals surface area contributed by atoms with Crippen LogP contribution in [-0.4, -0.2) is 35.9 Å². The maximum Gasteiger partial charge on any atom is 0.212 e. The molecule has 9 heteroatoms. The molecule has 0 atom stereocenters.